The molecule has 0 aliphatic heterocycles. The molecule has 2 nitrogen and oxygen atoms in total. The second kappa shape index (κ2) is 8.07. The molecule has 3 saturated carbocycles. The van der Waals surface area contributed by atoms with Gasteiger partial charge in [0, 0.05) is 0 Å². The van der Waals surface area contributed by atoms with E-state index in [1.54, 1.807) is 0 Å². The highest BCUT2D eigenvalue weighted by Crippen LogP contribution is 2.67. The third-order valence-electron chi connectivity index (χ3n) is 10.6. The Morgan fingerprint density at radius 2 is 1.80 bits per heavy atom. The normalized spacial score (nSPS) is 46.6. The van der Waals surface area contributed by atoms with Gasteiger partial charge >= 0.3 is 0 Å². The molecule has 0 aromatic rings. The van der Waals surface area contributed by atoms with Gasteiger partial charge in [-0.1, -0.05) is 52.8 Å². The van der Waals surface area contributed by atoms with Gasteiger partial charge in [0.05, 0.1) is 12.2 Å². The average molecular weight is 415 g/mol. The monoisotopic (exact) mass is 414 g/mol. The zero-order valence-electron chi connectivity index (χ0n) is 20.2. The molecule has 9 atom stereocenters. The molecule has 2 N–H and O–H groups in total. The van der Waals surface area contributed by atoms with E-state index in [0.717, 1.165) is 37.0 Å². The molecule has 4 aliphatic rings. The summed E-state index contributed by atoms with van der Waals surface area (Å²) in [5.74, 6) is 4.28. The third kappa shape index (κ3) is 3.54. The van der Waals surface area contributed by atoms with Crippen LogP contribution in [0.3, 0.4) is 0 Å². The number of aliphatic hydroxyl groups is 2. The molecule has 0 heterocycles. The van der Waals surface area contributed by atoms with Crippen LogP contribution in [0, 0.1) is 46.3 Å². The minimum atomic E-state index is -0.356. The first kappa shape index (κ1) is 22.6. The van der Waals surface area contributed by atoms with Gasteiger partial charge in [-0.25, -0.2) is 0 Å². The van der Waals surface area contributed by atoms with Gasteiger partial charge < -0.3 is 10.2 Å². The summed E-state index contributed by atoms with van der Waals surface area (Å²) in [6.45, 7) is 16.4. The Labute approximate surface area is 185 Å². The summed E-state index contributed by atoms with van der Waals surface area (Å²) in [4.78, 5) is 0. The van der Waals surface area contributed by atoms with Crippen molar-refractivity contribution in [3.8, 4) is 0 Å². The van der Waals surface area contributed by atoms with Crippen LogP contribution >= 0.6 is 0 Å². The molecule has 0 saturated heterocycles. The van der Waals surface area contributed by atoms with Crippen molar-refractivity contribution in [2.24, 2.45) is 46.3 Å². The molecule has 2 heteroatoms. The predicted molar refractivity (Wildman–Crippen MR) is 125 cm³/mol. The van der Waals surface area contributed by atoms with Crippen LogP contribution in [0.25, 0.3) is 0 Å². The molecule has 0 aromatic heterocycles. The van der Waals surface area contributed by atoms with Gasteiger partial charge in [0.15, 0.2) is 0 Å². The number of hydrogen-bond donors (Lipinski definition) is 2. The van der Waals surface area contributed by atoms with Crippen LogP contribution in [-0.2, 0) is 0 Å². The van der Waals surface area contributed by atoms with E-state index < -0.39 is 0 Å². The van der Waals surface area contributed by atoms with Crippen molar-refractivity contribution < 1.29 is 10.2 Å². The molecule has 0 bridgehead atoms. The molecule has 0 amide bonds. The summed E-state index contributed by atoms with van der Waals surface area (Å²) >= 11 is 0. The van der Waals surface area contributed by atoms with E-state index in [2.05, 4.69) is 41.2 Å². The average Bonchev–Trinajstić information content (AvgIpc) is 3.04. The fourth-order valence-corrected chi connectivity index (χ4v) is 8.63. The Hall–Kier alpha value is -0.600. The van der Waals surface area contributed by atoms with Crippen LogP contribution in [0.4, 0.5) is 0 Å². The van der Waals surface area contributed by atoms with E-state index in [9.17, 15) is 10.2 Å². The van der Waals surface area contributed by atoms with Crippen LogP contribution in [0.15, 0.2) is 23.8 Å². The standard InChI is InChI=1S/C28H46O2/c1-17(2)18(3)7-8-19(4)22-9-10-23-21-16-26(30)25-15-20(29)11-13-28(25,6)24(21)12-14-27(22,23)5/h15,17,19-24,26,29-30H,3,7-14,16H2,1-2,4-6H3/t19-,20+,21+,22-,23+,24+,26-,27-,28-/m1/s1. The summed E-state index contributed by atoms with van der Waals surface area (Å²) in [7, 11) is 0. The minimum Gasteiger partial charge on any atom is -0.389 e. The predicted octanol–water partition coefficient (Wildman–Crippen LogP) is 6.53. The smallest absolute Gasteiger partial charge is 0.0759 e. The SMILES string of the molecule is C=C(CC[C@@H](C)[C@H]1CC[C@H]2[C@@H]3C[C@@H](O)C4=C[C@@H](O)CC[C@]4(C)[C@H]3CC[C@]12C)C(C)C. The Balaban J connectivity index is 1.52. The highest BCUT2D eigenvalue weighted by Gasteiger charge is 2.60. The van der Waals surface area contributed by atoms with Gasteiger partial charge in [0.2, 0.25) is 0 Å². The van der Waals surface area contributed by atoms with Crippen molar-refractivity contribution in [1.82, 2.24) is 0 Å². The van der Waals surface area contributed by atoms with Crippen molar-refractivity contribution in [3.63, 3.8) is 0 Å². The van der Waals surface area contributed by atoms with Crippen molar-refractivity contribution in [2.75, 3.05) is 0 Å². The Morgan fingerprint density at radius 3 is 2.50 bits per heavy atom. The second-order valence-electron chi connectivity index (χ2n) is 12.3. The summed E-state index contributed by atoms with van der Waals surface area (Å²) < 4.78 is 0. The fraction of sp³-hybridized carbons (Fsp3) is 0.857. The molecule has 4 aliphatic carbocycles. The first-order valence-corrected chi connectivity index (χ1v) is 12.8. The van der Waals surface area contributed by atoms with Crippen molar-refractivity contribution >= 4 is 0 Å². The topological polar surface area (TPSA) is 40.5 Å². The lowest BCUT2D eigenvalue weighted by atomic mass is 9.46. The van der Waals surface area contributed by atoms with Gasteiger partial charge in [0.25, 0.3) is 0 Å². The molecule has 0 aromatic carbocycles. The van der Waals surface area contributed by atoms with E-state index in [4.69, 9.17) is 0 Å². The lowest BCUT2D eigenvalue weighted by molar-refractivity contribution is -0.0873. The van der Waals surface area contributed by atoms with E-state index in [0.29, 0.717) is 23.2 Å². The van der Waals surface area contributed by atoms with Gasteiger partial charge in [-0.15, -0.1) is 0 Å². The van der Waals surface area contributed by atoms with Crippen molar-refractivity contribution in [2.45, 2.75) is 105 Å². The van der Waals surface area contributed by atoms with Crippen LogP contribution in [0.2, 0.25) is 0 Å². The molecule has 3 fully saturated rings. The Morgan fingerprint density at radius 1 is 1.07 bits per heavy atom. The number of allylic oxidation sites excluding steroid dienone is 1. The first-order valence-electron chi connectivity index (χ1n) is 12.8. The van der Waals surface area contributed by atoms with Crippen LogP contribution in [0.1, 0.15) is 92.4 Å². The fourth-order valence-electron chi connectivity index (χ4n) is 8.63. The summed E-state index contributed by atoms with van der Waals surface area (Å²) in [5, 5.41) is 21.3. The van der Waals surface area contributed by atoms with E-state index in [1.807, 2.05) is 6.08 Å². The molecule has 4 rings (SSSR count). The number of rotatable bonds is 5. The van der Waals surface area contributed by atoms with Gasteiger partial charge in [-0.05, 0) is 110 Å². The number of fused-ring (bicyclic) bond motifs is 5. The molecular formula is C28H46O2. The number of aliphatic hydroxyl groups excluding tert-OH is 2. The van der Waals surface area contributed by atoms with Crippen LogP contribution in [-0.4, -0.2) is 22.4 Å². The third-order valence-corrected chi connectivity index (χ3v) is 10.6. The summed E-state index contributed by atoms with van der Waals surface area (Å²) in [6, 6.07) is 0. The first-order chi connectivity index (χ1) is 14.1. The van der Waals surface area contributed by atoms with E-state index >= 15 is 0 Å². The lowest BCUT2D eigenvalue weighted by Crippen LogP contribution is -2.54. The second-order valence-corrected chi connectivity index (χ2v) is 12.3. The Bertz CT molecular complexity index is 693. The summed E-state index contributed by atoms with van der Waals surface area (Å²) in [5.41, 5.74) is 3.11. The van der Waals surface area contributed by atoms with Crippen LogP contribution < -0.4 is 0 Å². The van der Waals surface area contributed by atoms with Crippen molar-refractivity contribution in [1.29, 1.82) is 0 Å². The van der Waals surface area contributed by atoms with Gasteiger partial charge in [-0.2, -0.15) is 0 Å². The lowest BCUT2D eigenvalue weighted by Gasteiger charge is -2.60. The van der Waals surface area contributed by atoms with Crippen molar-refractivity contribution in [3.05, 3.63) is 23.8 Å². The highest BCUT2D eigenvalue weighted by molar-refractivity contribution is 5.29. The molecule has 30 heavy (non-hydrogen) atoms. The molecular weight excluding hydrogens is 368 g/mol. The maximum absolute atomic E-state index is 11.1. The van der Waals surface area contributed by atoms with Gasteiger partial charge in [0.1, 0.15) is 0 Å². The van der Waals surface area contributed by atoms with Crippen LogP contribution in [0.5, 0.6) is 0 Å². The molecule has 170 valence electrons. The molecule has 0 spiro atoms. The zero-order chi connectivity index (χ0) is 21.8. The Kier molecular flexibility index (Phi) is 6.08. The number of hydrogen-bond acceptors (Lipinski definition) is 2. The quantitative estimate of drug-likeness (QED) is 0.502. The minimum absolute atomic E-state index is 0.0988. The zero-order valence-corrected chi connectivity index (χ0v) is 20.2. The highest BCUT2D eigenvalue weighted by atomic mass is 16.3. The van der Waals surface area contributed by atoms with E-state index in [-0.39, 0.29) is 17.6 Å². The maximum Gasteiger partial charge on any atom is 0.0759 e. The van der Waals surface area contributed by atoms with Gasteiger partial charge in [-0.3, -0.25) is 0 Å². The maximum atomic E-state index is 11.1. The van der Waals surface area contributed by atoms with E-state index in [1.165, 1.54) is 49.7 Å². The largest absolute Gasteiger partial charge is 0.389 e. The molecule has 0 radical (unpaired) electrons. The summed E-state index contributed by atoms with van der Waals surface area (Å²) in [6.07, 6.45) is 12.0. The molecule has 0 unspecified atom stereocenters.